The molecule has 0 aromatic rings. The van der Waals surface area contributed by atoms with Gasteiger partial charge < -0.3 is 9.47 Å². The van der Waals surface area contributed by atoms with Crippen molar-refractivity contribution < 1.29 is 10.9 Å². The van der Waals surface area contributed by atoms with Gasteiger partial charge >= 0.3 is 0 Å². The molecule has 2 nitrogen and oxygen atoms in total. The van der Waals surface area contributed by atoms with Gasteiger partial charge in [0.2, 0.25) is 0 Å². The minimum absolute atomic E-state index is 0. The minimum Gasteiger partial charge on any atom is -0.501 e. The largest absolute Gasteiger partial charge is 0.501 e. The second kappa shape index (κ2) is 5.74. The molecule has 0 heterocycles. The van der Waals surface area contributed by atoms with Gasteiger partial charge in [0.15, 0.2) is 0 Å². The van der Waals surface area contributed by atoms with Gasteiger partial charge in [-0.05, 0) is 12.8 Å². The Hall–Kier alpha value is -0.920. The van der Waals surface area contributed by atoms with Gasteiger partial charge in [-0.3, -0.25) is 0 Å². The monoisotopic (exact) mass is 198 g/mol. The van der Waals surface area contributed by atoms with Crippen molar-refractivity contribution in [3.05, 3.63) is 25.7 Å². The van der Waals surface area contributed by atoms with E-state index in [4.69, 9.17) is 9.47 Å². The van der Waals surface area contributed by atoms with E-state index in [9.17, 15) is 0 Å². The zero-order valence-electron chi connectivity index (χ0n) is 8.84. The second-order valence-corrected chi connectivity index (χ2v) is 4.02. The third kappa shape index (κ3) is 3.09. The quantitative estimate of drug-likeness (QED) is 0.608. The molecule has 0 aromatic heterocycles. The molecule has 0 amide bonds. The third-order valence-corrected chi connectivity index (χ3v) is 2.93. The Morgan fingerprint density at radius 2 is 1.50 bits per heavy atom. The molecule has 0 bridgehead atoms. The van der Waals surface area contributed by atoms with Crippen LogP contribution in [-0.2, 0) is 9.47 Å². The van der Waals surface area contributed by atoms with Crippen LogP contribution in [0, 0.1) is 5.41 Å². The van der Waals surface area contributed by atoms with E-state index in [1.54, 1.807) is 0 Å². The maximum atomic E-state index is 5.32. The van der Waals surface area contributed by atoms with Crippen molar-refractivity contribution in [3.63, 3.8) is 0 Å². The first-order valence-corrected chi connectivity index (χ1v) is 5.28. The molecule has 0 N–H and O–H groups in total. The van der Waals surface area contributed by atoms with E-state index in [2.05, 4.69) is 13.2 Å². The fourth-order valence-electron chi connectivity index (χ4n) is 2.10. The number of hydrogen-bond acceptors (Lipinski definition) is 2. The highest BCUT2D eigenvalue weighted by Gasteiger charge is 2.33. The summed E-state index contributed by atoms with van der Waals surface area (Å²) >= 11 is 0. The van der Waals surface area contributed by atoms with Crippen LogP contribution in [0.5, 0.6) is 0 Å². The topological polar surface area (TPSA) is 18.5 Å². The van der Waals surface area contributed by atoms with Crippen molar-refractivity contribution in [2.24, 2.45) is 5.41 Å². The summed E-state index contributed by atoms with van der Waals surface area (Å²) in [7, 11) is 0. The van der Waals surface area contributed by atoms with Crippen molar-refractivity contribution in [2.45, 2.75) is 32.1 Å². The van der Waals surface area contributed by atoms with Gasteiger partial charge in [-0.1, -0.05) is 32.4 Å². The molecule has 0 spiro atoms. The van der Waals surface area contributed by atoms with Gasteiger partial charge in [0.1, 0.15) is 0 Å². The molecule has 0 unspecified atom stereocenters. The number of rotatable bonds is 6. The lowest BCUT2D eigenvalue weighted by atomic mass is 9.75. The first-order chi connectivity index (χ1) is 6.83. The Morgan fingerprint density at radius 3 is 1.93 bits per heavy atom. The Balaban J connectivity index is 0.00000196. The van der Waals surface area contributed by atoms with Crippen LogP contribution in [0.3, 0.4) is 0 Å². The molecule has 1 saturated carbocycles. The van der Waals surface area contributed by atoms with E-state index < -0.39 is 0 Å². The molecule has 82 valence electrons. The fraction of sp³-hybridized carbons (Fsp3) is 0.667. The van der Waals surface area contributed by atoms with E-state index in [1.807, 2.05) is 0 Å². The fourth-order valence-corrected chi connectivity index (χ4v) is 2.10. The Bertz CT molecular complexity index is 172. The van der Waals surface area contributed by atoms with Crippen LogP contribution >= 0.6 is 0 Å². The average molecular weight is 198 g/mol. The van der Waals surface area contributed by atoms with Crippen LogP contribution in [0.1, 0.15) is 33.5 Å². The normalized spacial score (nSPS) is 19.7. The summed E-state index contributed by atoms with van der Waals surface area (Å²) in [6, 6.07) is 0. The molecular weight excluding hydrogens is 176 g/mol. The third-order valence-electron chi connectivity index (χ3n) is 2.93. The van der Waals surface area contributed by atoms with Crippen molar-refractivity contribution in [1.82, 2.24) is 0 Å². The lowest BCUT2D eigenvalue weighted by Crippen LogP contribution is -2.33. The number of ether oxygens (including phenoxy) is 2. The molecule has 1 fully saturated rings. The maximum absolute atomic E-state index is 5.32. The molecule has 2 heteroatoms. The first-order valence-electron chi connectivity index (χ1n) is 5.28. The molecule has 0 aliphatic heterocycles. The summed E-state index contributed by atoms with van der Waals surface area (Å²) in [6.07, 6.45) is 9.31. The van der Waals surface area contributed by atoms with E-state index in [0.29, 0.717) is 0 Å². The van der Waals surface area contributed by atoms with E-state index in [0.717, 1.165) is 13.2 Å². The highest BCUT2D eigenvalue weighted by atomic mass is 16.5. The smallest absolute Gasteiger partial charge is 0.0961 e. The van der Waals surface area contributed by atoms with Crippen molar-refractivity contribution in [1.29, 1.82) is 0 Å². The summed E-state index contributed by atoms with van der Waals surface area (Å²) in [5.74, 6) is 0. The molecular formula is C12H22O2. The molecule has 0 radical (unpaired) electrons. The SMILES string of the molecule is C=COCC1(COC=C)CCCCC1.[HH]. The van der Waals surface area contributed by atoms with Crippen LogP contribution in [0.4, 0.5) is 0 Å². The van der Waals surface area contributed by atoms with Gasteiger partial charge in [0.25, 0.3) is 0 Å². The van der Waals surface area contributed by atoms with Gasteiger partial charge in [-0.25, -0.2) is 0 Å². The molecule has 1 aliphatic carbocycles. The molecule has 0 atom stereocenters. The Labute approximate surface area is 88.1 Å². The zero-order valence-corrected chi connectivity index (χ0v) is 8.84. The summed E-state index contributed by atoms with van der Waals surface area (Å²) in [5.41, 5.74) is 0.195. The van der Waals surface area contributed by atoms with E-state index >= 15 is 0 Å². The molecule has 0 aromatic carbocycles. The van der Waals surface area contributed by atoms with Crippen molar-refractivity contribution in [2.75, 3.05) is 13.2 Å². The zero-order chi connectivity index (χ0) is 10.3. The number of hydrogen-bond donors (Lipinski definition) is 0. The molecule has 1 aliphatic rings. The van der Waals surface area contributed by atoms with Crippen LogP contribution in [0.25, 0.3) is 0 Å². The highest BCUT2D eigenvalue weighted by molar-refractivity contribution is 4.83. The molecule has 1 rings (SSSR count). The van der Waals surface area contributed by atoms with Crippen LogP contribution in [0.15, 0.2) is 25.7 Å². The molecule has 14 heavy (non-hydrogen) atoms. The maximum Gasteiger partial charge on any atom is 0.0961 e. The van der Waals surface area contributed by atoms with Crippen LogP contribution in [-0.4, -0.2) is 13.2 Å². The molecule has 0 saturated heterocycles. The highest BCUT2D eigenvalue weighted by Crippen LogP contribution is 2.36. The standard InChI is InChI=1S/C12H20O2.H2/c1-3-13-10-12(11-14-4-2)8-6-5-7-9-12;/h3-4H,1-2,5-11H2;1H. The lowest BCUT2D eigenvalue weighted by Gasteiger charge is -2.35. The predicted molar refractivity (Wildman–Crippen MR) is 59.9 cm³/mol. The van der Waals surface area contributed by atoms with Gasteiger partial charge in [-0.2, -0.15) is 0 Å². The van der Waals surface area contributed by atoms with Gasteiger partial charge in [0, 0.05) is 6.84 Å². The minimum atomic E-state index is 0. The van der Waals surface area contributed by atoms with E-state index in [1.165, 1.54) is 44.6 Å². The summed E-state index contributed by atoms with van der Waals surface area (Å²) < 4.78 is 10.6. The van der Waals surface area contributed by atoms with Gasteiger partial charge in [-0.15, -0.1) is 0 Å². The first kappa shape index (κ1) is 11.2. The van der Waals surface area contributed by atoms with Crippen LogP contribution < -0.4 is 0 Å². The van der Waals surface area contributed by atoms with Crippen LogP contribution in [0.2, 0.25) is 0 Å². The summed E-state index contributed by atoms with van der Waals surface area (Å²) in [4.78, 5) is 0. The predicted octanol–water partition coefficient (Wildman–Crippen LogP) is 3.50. The summed E-state index contributed by atoms with van der Waals surface area (Å²) in [6.45, 7) is 8.60. The van der Waals surface area contributed by atoms with Crippen molar-refractivity contribution in [3.8, 4) is 0 Å². The average Bonchev–Trinajstić information content (AvgIpc) is 2.25. The van der Waals surface area contributed by atoms with Crippen molar-refractivity contribution >= 4 is 0 Å². The Kier molecular flexibility index (Phi) is 4.57. The van der Waals surface area contributed by atoms with E-state index in [-0.39, 0.29) is 6.84 Å². The lowest BCUT2D eigenvalue weighted by molar-refractivity contribution is 0.0107. The summed E-state index contributed by atoms with van der Waals surface area (Å²) in [5, 5.41) is 0. The van der Waals surface area contributed by atoms with Gasteiger partial charge in [0.05, 0.1) is 25.7 Å². The Morgan fingerprint density at radius 1 is 1.00 bits per heavy atom. The second-order valence-electron chi connectivity index (χ2n) is 4.02.